The van der Waals surface area contributed by atoms with Crippen molar-refractivity contribution in [1.29, 1.82) is 0 Å². The maximum atomic E-state index is 12.1. The van der Waals surface area contributed by atoms with Crippen molar-refractivity contribution in [1.82, 2.24) is 5.32 Å². The van der Waals surface area contributed by atoms with E-state index in [0.29, 0.717) is 16.3 Å². The number of rotatable bonds is 5. The van der Waals surface area contributed by atoms with E-state index in [1.54, 1.807) is 18.2 Å². The molecule has 0 saturated carbocycles. The second-order valence-corrected chi connectivity index (χ2v) is 5.84. The number of anilines is 1. The van der Waals surface area contributed by atoms with Crippen molar-refractivity contribution in [3.05, 3.63) is 64.2 Å². The second-order valence-electron chi connectivity index (χ2n) is 5.43. The summed E-state index contributed by atoms with van der Waals surface area (Å²) in [5.74, 6) is -0.995. The van der Waals surface area contributed by atoms with Gasteiger partial charge in [0.1, 0.15) is 0 Å². The largest absolute Gasteiger partial charge is 0.449 e. The molecule has 0 spiro atoms. The number of ether oxygens (including phenoxy) is 1. The average Bonchev–Trinajstić information content (AvgIpc) is 2.56. The Kier molecular flexibility index (Phi) is 5.82. The van der Waals surface area contributed by atoms with Gasteiger partial charge in [-0.1, -0.05) is 35.9 Å². The Balaban J connectivity index is 1.92. The van der Waals surface area contributed by atoms with Crippen LogP contribution in [0.25, 0.3) is 0 Å². The quantitative estimate of drug-likeness (QED) is 0.644. The summed E-state index contributed by atoms with van der Waals surface area (Å²) in [4.78, 5) is 24.1. The zero-order chi connectivity index (χ0) is 17.7. The van der Waals surface area contributed by atoms with E-state index >= 15 is 0 Å². The average molecular weight is 347 g/mol. The molecule has 2 aromatic carbocycles. The molecule has 1 unspecified atom stereocenters. The Hall–Kier alpha value is -2.53. The van der Waals surface area contributed by atoms with Crippen LogP contribution in [0.5, 0.6) is 0 Å². The first kappa shape index (κ1) is 17.8. The van der Waals surface area contributed by atoms with Crippen LogP contribution in [-0.4, -0.2) is 18.0 Å². The zero-order valence-corrected chi connectivity index (χ0v) is 14.3. The molecule has 1 amide bonds. The van der Waals surface area contributed by atoms with Crippen molar-refractivity contribution < 1.29 is 14.3 Å². The van der Waals surface area contributed by atoms with Crippen molar-refractivity contribution in [2.24, 2.45) is 0 Å². The van der Waals surface area contributed by atoms with Gasteiger partial charge in [-0.05, 0) is 43.2 Å². The van der Waals surface area contributed by atoms with Crippen LogP contribution in [0.2, 0.25) is 5.02 Å². The lowest BCUT2D eigenvalue weighted by atomic mass is 10.1. The van der Waals surface area contributed by atoms with Crippen molar-refractivity contribution in [3.8, 4) is 0 Å². The number of carbonyl (C=O) groups excluding carboxylic acids is 2. The lowest BCUT2D eigenvalue weighted by molar-refractivity contribution is -0.129. The van der Waals surface area contributed by atoms with E-state index in [4.69, 9.17) is 22.1 Å². The summed E-state index contributed by atoms with van der Waals surface area (Å²) in [6.45, 7) is 3.62. The van der Waals surface area contributed by atoms with Crippen LogP contribution in [-0.2, 0) is 16.1 Å². The van der Waals surface area contributed by atoms with Gasteiger partial charge in [0.25, 0.3) is 5.91 Å². The number of benzene rings is 2. The fraction of sp³-hybridized carbons (Fsp3) is 0.222. The van der Waals surface area contributed by atoms with Gasteiger partial charge in [0, 0.05) is 17.3 Å². The summed E-state index contributed by atoms with van der Waals surface area (Å²) < 4.78 is 5.17. The highest BCUT2D eigenvalue weighted by Crippen LogP contribution is 2.15. The molecule has 0 aliphatic rings. The number of nitrogens with one attached hydrogen (secondary N) is 1. The summed E-state index contributed by atoms with van der Waals surface area (Å²) in [5.41, 5.74) is 8.25. The van der Waals surface area contributed by atoms with E-state index in [1.807, 2.05) is 25.1 Å². The molecule has 24 heavy (non-hydrogen) atoms. The topological polar surface area (TPSA) is 81.4 Å². The first-order valence-corrected chi connectivity index (χ1v) is 7.84. The molecule has 3 N–H and O–H groups in total. The maximum absolute atomic E-state index is 12.1. The highest BCUT2D eigenvalue weighted by atomic mass is 35.5. The summed E-state index contributed by atoms with van der Waals surface area (Å²) in [5, 5.41) is 3.26. The molecule has 2 rings (SSSR count). The second kappa shape index (κ2) is 7.84. The minimum absolute atomic E-state index is 0.262. The Bertz CT molecular complexity index is 762. The van der Waals surface area contributed by atoms with E-state index in [1.165, 1.54) is 13.0 Å². The number of aryl methyl sites for hydroxylation is 1. The Labute approximate surface area is 145 Å². The van der Waals surface area contributed by atoms with Crippen molar-refractivity contribution in [2.45, 2.75) is 26.5 Å². The number of esters is 1. The lowest BCUT2D eigenvalue weighted by Crippen LogP contribution is -2.35. The third-order valence-corrected chi connectivity index (χ3v) is 3.95. The number of halogens is 1. The summed E-state index contributed by atoms with van der Waals surface area (Å²) in [6.07, 6.45) is -0.928. The molecule has 2 aromatic rings. The van der Waals surface area contributed by atoms with Crippen molar-refractivity contribution in [2.75, 3.05) is 5.73 Å². The maximum Gasteiger partial charge on any atom is 0.338 e. The molecule has 6 heteroatoms. The van der Waals surface area contributed by atoms with Crippen LogP contribution in [0.4, 0.5) is 5.69 Å². The van der Waals surface area contributed by atoms with Gasteiger partial charge in [-0.3, -0.25) is 4.79 Å². The molecule has 0 fully saturated rings. The third-order valence-electron chi connectivity index (χ3n) is 3.58. The Morgan fingerprint density at radius 3 is 2.62 bits per heavy atom. The van der Waals surface area contributed by atoms with Gasteiger partial charge in [0.2, 0.25) is 0 Å². The lowest BCUT2D eigenvalue weighted by Gasteiger charge is -2.14. The third kappa shape index (κ3) is 4.49. The summed E-state index contributed by atoms with van der Waals surface area (Å²) >= 11 is 6.03. The predicted octanol–water partition coefficient (Wildman–Crippen LogP) is 3.09. The molecule has 0 bridgehead atoms. The summed E-state index contributed by atoms with van der Waals surface area (Å²) in [6, 6.07) is 12.1. The molecule has 5 nitrogen and oxygen atoms in total. The van der Waals surface area contributed by atoms with Crippen LogP contribution in [0.3, 0.4) is 0 Å². The van der Waals surface area contributed by atoms with E-state index in [9.17, 15) is 9.59 Å². The fourth-order valence-corrected chi connectivity index (χ4v) is 2.22. The number of carbonyl (C=O) groups is 2. The van der Waals surface area contributed by atoms with Crippen molar-refractivity contribution >= 4 is 29.2 Å². The number of hydrogen-bond donors (Lipinski definition) is 2. The fourth-order valence-electron chi connectivity index (χ4n) is 2.02. The molecule has 0 heterocycles. The zero-order valence-electron chi connectivity index (χ0n) is 13.5. The first-order chi connectivity index (χ1) is 11.4. The van der Waals surface area contributed by atoms with Gasteiger partial charge < -0.3 is 15.8 Å². The Morgan fingerprint density at radius 1 is 1.25 bits per heavy atom. The predicted molar refractivity (Wildman–Crippen MR) is 93.8 cm³/mol. The molecule has 1 atom stereocenters. The standard InChI is InChI=1S/C18H19ClN2O3/c1-11-7-8-13(9-16(11)20)18(23)24-12(2)17(22)21-10-14-5-3-4-6-15(14)19/h3-9,12H,10,20H2,1-2H3,(H,21,22). The SMILES string of the molecule is Cc1ccc(C(=O)OC(C)C(=O)NCc2ccccc2Cl)cc1N. The highest BCUT2D eigenvalue weighted by Gasteiger charge is 2.19. The molecule has 0 saturated heterocycles. The van der Waals surface area contributed by atoms with Crippen LogP contribution >= 0.6 is 11.6 Å². The number of hydrogen-bond acceptors (Lipinski definition) is 4. The van der Waals surface area contributed by atoms with E-state index in [0.717, 1.165) is 11.1 Å². The molecule has 0 aliphatic heterocycles. The highest BCUT2D eigenvalue weighted by molar-refractivity contribution is 6.31. The van der Waals surface area contributed by atoms with Gasteiger partial charge in [0.15, 0.2) is 6.10 Å². The van der Waals surface area contributed by atoms with Gasteiger partial charge in [-0.15, -0.1) is 0 Å². The molecular formula is C18H19ClN2O3. The van der Waals surface area contributed by atoms with Gasteiger partial charge in [-0.25, -0.2) is 4.79 Å². The smallest absolute Gasteiger partial charge is 0.338 e. The van der Waals surface area contributed by atoms with Gasteiger partial charge in [-0.2, -0.15) is 0 Å². The molecule has 0 radical (unpaired) electrons. The van der Waals surface area contributed by atoms with Crippen LogP contribution in [0.15, 0.2) is 42.5 Å². The van der Waals surface area contributed by atoms with Crippen LogP contribution < -0.4 is 11.1 Å². The normalized spacial score (nSPS) is 11.6. The monoisotopic (exact) mass is 346 g/mol. The molecule has 126 valence electrons. The van der Waals surface area contributed by atoms with Crippen molar-refractivity contribution in [3.63, 3.8) is 0 Å². The molecular weight excluding hydrogens is 328 g/mol. The van der Waals surface area contributed by atoms with E-state index in [2.05, 4.69) is 5.32 Å². The number of nitrogens with two attached hydrogens (primary N) is 1. The van der Waals surface area contributed by atoms with Crippen LogP contribution in [0, 0.1) is 6.92 Å². The van der Waals surface area contributed by atoms with E-state index < -0.39 is 18.0 Å². The van der Waals surface area contributed by atoms with Gasteiger partial charge in [0.05, 0.1) is 5.56 Å². The molecule has 0 aliphatic carbocycles. The van der Waals surface area contributed by atoms with E-state index in [-0.39, 0.29) is 6.54 Å². The number of amides is 1. The summed E-state index contributed by atoms with van der Waals surface area (Å²) in [7, 11) is 0. The van der Waals surface area contributed by atoms with Crippen LogP contribution in [0.1, 0.15) is 28.4 Å². The minimum Gasteiger partial charge on any atom is -0.449 e. The first-order valence-electron chi connectivity index (χ1n) is 7.46. The number of nitrogen functional groups attached to an aromatic ring is 1. The minimum atomic E-state index is -0.928. The Morgan fingerprint density at radius 2 is 1.96 bits per heavy atom. The molecule has 0 aromatic heterocycles. The van der Waals surface area contributed by atoms with Gasteiger partial charge >= 0.3 is 5.97 Å².